The number of ether oxygens (including phenoxy) is 4. The van der Waals surface area contributed by atoms with E-state index in [4.69, 9.17) is 18.9 Å². The Bertz CT molecular complexity index is 1180. The topological polar surface area (TPSA) is 115 Å². The average Bonchev–Trinajstić information content (AvgIpc) is 3.30. The first kappa shape index (κ1) is 31.4. The van der Waals surface area contributed by atoms with Gasteiger partial charge in [-0.15, -0.1) is 0 Å². The first-order valence-corrected chi connectivity index (χ1v) is 15.6. The maximum Gasteiger partial charge on any atom is 0.316 e. The molecule has 4 heterocycles. The van der Waals surface area contributed by atoms with Gasteiger partial charge in [0, 0.05) is 24.7 Å². The minimum absolute atomic E-state index is 0.0464. The smallest absolute Gasteiger partial charge is 0.316 e. The Hall–Kier alpha value is -2.07. The number of carbonyl (C=O) groups excluding carboxylic acids is 1. The van der Waals surface area contributed by atoms with Crippen LogP contribution < -0.4 is 0 Å². The van der Waals surface area contributed by atoms with Gasteiger partial charge in [0.05, 0.1) is 24.9 Å². The molecule has 5 rings (SSSR count). The number of allylic oxidation sites excluding steroid dienone is 2. The van der Waals surface area contributed by atoms with Crippen molar-refractivity contribution in [3.8, 4) is 0 Å². The normalized spacial score (nSPS) is 45.0. The van der Waals surface area contributed by atoms with Crippen LogP contribution in [0.2, 0.25) is 0 Å². The van der Waals surface area contributed by atoms with Crippen molar-refractivity contribution in [2.45, 2.75) is 115 Å². The summed E-state index contributed by atoms with van der Waals surface area (Å²) >= 11 is 0. The van der Waals surface area contributed by atoms with Gasteiger partial charge < -0.3 is 34.3 Å². The average molecular weight is 585 g/mol. The van der Waals surface area contributed by atoms with Crippen LogP contribution in [0, 0.1) is 23.7 Å². The third kappa shape index (κ3) is 5.74. The molecule has 8 nitrogen and oxygen atoms in total. The highest BCUT2D eigenvalue weighted by atomic mass is 16.7. The maximum absolute atomic E-state index is 14.0. The second-order valence-electron chi connectivity index (χ2n) is 13.2. The van der Waals surface area contributed by atoms with Gasteiger partial charge in [0.1, 0.15) is 29.8 Å². The van der Waals surface area contributed by atoms with Gasteiger partial charge in [-0.05, 0) is 49.0 Å². The Morgan fingerprint density at radius 2 is 1.81 bits per heavy atom. The molecule has 0 aromatic heterocycles. The molecule has 2 fully saturated rings. The molecule has 1 aliphatic carbocycles. The molecule has 0 saturated carbocycles. The largest absolute Gasteiger partial charge is 0.462 e. The predicted octanol–water partition coefficient (Wildman–Crippen LogP) is 4.31. The van der Waals surface area contributed by atoms with E-state index >= 15 is 0 Å². The molecule has 0 aromatic rings. The van der Waals surface area contributed by atoms with E-state index in [1.165, 1.54) is 0 Å². The molecule has 0 aromatic carbocycles. The summed E-state index contributed by atoms with van der Waals surface area (Å²) in [6.45, 7) is 12.1. The van der Waals surface area contributed by atoms with Gasteiger partial charge in [-0.3, -0.25) is 4.79 Å². The van der Waals surface area contributed by atoms with Gasteiger partial charge >= 0.3 is 5.97 Å². The number of esters is 1. The Labute approximate surface area is 249 Å². The van der Waals surface area contributed by atoms with Crippen LogP contribution in [-0.2, 0) is 23.7 Å². The molecule has 12 atom stereocenters. The molecule has 42 heavy (non-hydrogen) atoms. The summed E-state index contributed by atoms with van der Waals surface area (Å²) < 4.78 is 25.5. The highest BCUT2D eigenvalue weighted by molar-refractivity contribution is 5.78. The molecule has 0 amide bonds. The third-order valence-corrected chi connectivity index (χ3v) is 10.1. The Morgan fingerprint density at radius 1 is 1.05 bits per heavy atom. The maximum atomic E-state index is 14.0. The number of aliphatic hydroxyl groups excluding tert-OH is 2. The summed E-state index contributed by atoms with van der Waals surface area (Å²) in [6.07, 6.45) is 11.7. The van der Waals surface area contributed by atoms with Gasteiger partial charge in [0.2, 0.25) is 0 Å². The van der Waals surface area contributed by atoms with Crippen molar-refractivity contribution in [1.82, 2.24) is 0 Å². The van der Waals surface area contributed by atoms with Gasteiger partial charge in [-0.2, -0.15) is 0 Å². The summed E-state index contributed by atoms with van der Waals surface area (Å²) in [5, 5.41) is 34.0. The Morgan fingerprint density at radius 3 is 2.55 bits per heavy atom. The van der Waals surface area contributed by atoms with Crippen molar-refractivity contribution >= 4 is 5.97 Å². The van der Waals surface area contributed by atoms with Gasteiger partial charge in [0.15, 0.2) is 5.79 Å². The summed E-state index contributed by atoms with van der Waals surface area (Å²) in [4.78, 5) is 14.0. The highest BCUT2D eigenvalue weighted by Gasteiger charge is 2.60. The second-order valence-corrected chi connectivity index (χ2v) is 13.2. The SMILES string of the molecule is CC[C@H](C)[C@H]1O[C@]2(C=C[C@@H]1C)C[C@@H]1C[C@@H](CC=C(C)[C@@H](O)[C@@H](C)C=CC=C3CO[C@@H]4[C@H](O)C(C)=C[C@@H](C(=O)O1)[C@]34O)O2. The highest BCUT2D eigenvalue weighted by Crippen LogP contribution is 2.47. The van der Waals surface area contributed by atoms with E-state index in [1.54, 1.807) is 25.2 Å². The van der Waals surface area contributed by atoms with Gasteiger partial charge in [-0.1, -0.05) is 70.6 Å². The number of aliphatic hydroxyl groups is 3. The van der Waals surface area contributed by atoms with E-state index in [9.17, 15) is 20.1 Å². The van der Waals surface area contributed by atoms with E-state index in [0.29, 0.717) is 36.3 Å². The van der Waals surface area contributed by atoms with Crippen LogP contribution in [0.3, 0.4) is 0 Å². The molecule has 232 valence electrons. The Balaban J connectivity index is 1.54. The molecule has 1 spiro atoms. The molecular weight excluding hydrogens is 536 g/mol. The number of hydrogen-bond donors (Lipinski definition) is 3. The van der Waals surface area contributed by atoms with Crippen molar-refractivity contribution in [1.29, 1.82) is 0 Å². The molecule has 2 bridgehead atoms. The zero-order valence-electron chi connectivity index (χ0n) is 25.7. The van der Waals surface area contributed by atoms with Crippen LogP contribution in [0.25, 0.3) is 0 Å². The second kappa shape index (κ2) is 12.1. The number of fused-ring (bicyclic) bond motifs is 2. The van der Waals surface area contributed by atoms with E-state index in [1.807, 2.05) is 32.1 Å². The van der Waals surface area contributed by atoms with Crippen molar-refractivity contribution in [2.24, 2.45) is 23.7 Å². The van der Waals surface area contributed by atoms with Crippen LogP contribution in [0.15, 0.2) is 59.3 Å². The van der Waals surface area contributed by atoms with Crippen LogP contribution in [-0.4, -0.2) is 75.9 Å². The molecule has 2 saturated heterocycles. The molecule has 5 aliphatic rings. The molecule has 0 radical (unpaired) electrons. The van der Waals surface area contributed by atoms with Gasteiger partial charge in [0.25, 0.3) is 0 Å². The number of carbonyl (C=O) groups is 1. The fourth-order valence-corrected chi connectivity index (χ4v) is 7.15. The Kier molecular flexibility index (Phi) is 9.06. The van der Waals surface area contributed by atoms with E-state index < -0.39 is 47.7 Å². The minimum atomic E-state index is -1.77. The van der Waals surface area contributed by atoms with Crippen molar-refractivity contribution < 1.29 is 39.1 Å². The van der Waals surface area contributed by atoms with Crippen molar-refractivity contribution in [3.05, 3.63) is 59.3 Å². The first-order valence-electron chi connectivity index (χ1n) is 15.6. The standard InChI is InChI=1S/C34H48O8/c1-7-19(2)30-22(5)13-14-33(42-30)17-26-16-25(41-33)12-11-21(4)28(35)20(3)9-8-10-24-18-39-31-29(36)23(6)15-27(32(37)40-26)34(24,31)38/h8-11,13-15,19-20,22,25-31,35-36,38H,7,12,16-18H2,1-6H3/t19-,20-,22-,25+,26-,27-,28-,29+,30+,31+,33+,34+/m0/s1. The van der Waals surface area contributed by atoms with E-state index in [-0.39, 0.29) is 30.7 Å². The lowest BCUT2D eigenvalue weighted by Crippen LogP contribution is -2.58. The summed E-state index contributed by atoms with van der Waals surface area (Å²) in [7, 11) is 0. The zero-order valence-corrected chi connectivity index (χ0v) is 25.7. The zero-order chi connectivity index (χ0) is 30.4. The van der Waals surface area contributed by atoms with E-state index in [0.717, 1.165) is 12.0 Å². The van der Waals surface area contributed by atoms with Crippen LogP contribution in [0.5, 0.6) is 0 Å². The number of rotatable bonds is 2. The fourth-order valence-electron chi connectivity index (χ4n) is 7.15. The lowest BCUT2D eigenvalue weighted by molar-refractivity contribution is -0.300. The summed E-state index contributed by atoms with van der Waals surface area (Å²) in [5.41, 5.74) is 0.101. The molecular formula is C34H48O8. The van der Waals surface area contributed by atoms with Crippen LogP contribution >= 0.6 is 0 Å². The first-order chi connectivity index (χ1) is 19.9. The van der Waals surface area contributed by atoms with Crippen LogP contribution in [0.4, 0.5) is 0 Å². The van der Waals surface area contributed by atoms with Crippen LogP contribution in [0.1, 0.15) is 67.2 Å². The fraction of sp³-hybridized carbons (Fsp3) is 0.676. The lowest BCUT2D eigenvalue weighted by atomic mass is 9.71. The third-order valence-electron chi connectivity index (χ3n) is 10.1. The van der Waals surface area contributed by atoms with Crippen molar-refractivity contribution in [3.63, 3.8) is 0 Å². The minimum Gasteiger partial charge on any atom is -0.462 e. The predicted molar refractivity (Wildman–Crippen MR) is 158 cm³/mol. The lowest BCUT2D eigenvalue weighted by Gasteiger charge is -2.48. The molecule has 3 N–H and O–H groups in total. The van der Waals surface area contributed by atoms with E-state index in [2.05, 4.69) is 26.8 Å². The molecule has 8 heteroatoms. The quantitative estimate of drug-likeness (QED) is 0.325. The number of hydrogen-bond acceptors (Lipinski definition) is 8. The molecule has 4 aliphatic heterocycles. The van der Waals surface area contributed by atoms with Crippen molar-refractivity contribution in [2.75, 3.05) is 6.61 Å². The van der Waals surface area contributed by atoms with Gasteiger partial charge in [-0.25, -0.2) is 0 Å². The molecule has 0 unspecified atom stereocenters. The summed E-state index contributed by atoms with van der Waals surface area (Å²) in [6, 6.07) is 0. The monoisotopic (exact) mass is 584 g/mol. The summed E-state index contributed by atoms with van der Waals surface area (Å²) in [5.74, 6) is -2.35.